The molecule has 9 nitrogen and oxygen atoms in total. The summed E-state index contributed by atoms with van der Waals surface area (Å²) in [6.07, 6.45) is 0.819. The quantitative estimate of drug-likeness (QED) is 0.104. The van der Waals surface area contributed by atoms with Gasteiger partial charge >= 0.3 is 0 Å². The first-order valence-electron chi connectivity index (χ1n) is 18.3. The summed E-state index contributed by atoms with van der Waals surface area (Å²) in [5.74, 6) is 1.10. The molecule has 0 saturated carbocycles. The number of benzene rings is 4. The van der Waals surface area contributed by atoms with Gasteiger partial charge in [0.1, 0.15) is 18.0 Å². The van der Waals surface area contributed by atoms with Gasteiger partial charge in [-0.05, 0) is 73.7 Å². The molecule has 0 radical (unpaired) electrons. The van der Waals surface area contributed by atoms with Crippen molar-refractivity contribution < 1.29 is 28.5 Å². The van der Waals surface area contributed by atoms with E-state index in [2.05, 4.69) is 55.7 Å². The summed E-state index contributed by atoms with van der Waals surface area (Å²) in [5, 5.41) is 6.96. The molecule has 0 aromatic heterocycles. The maximum atomic E-state index is 14.4. The van der Waals surface area contributed by atoms with Gasteiger partial charge in [0.2, 0.25) is 5.91 Å². The molecule has 11 heteroatoms. The van der Waals surface area contributed by atoms with Crippen molar-refractivity contribution >= 4 is 41.5 Å². The zero-order valence-corrected chi connectivity index (χ0v) is 33.4. The Morgan fingerprint density at radius 1 is 0.870 bits per heavy atom. The van der Waals surface area contributed by atoms with E-state index in [0.717, 1.165) is 37.9 Å². The lowest BCUT2D eigenvalue weighted by atomic mass is 9.94. The molecule has 5 rings (SSSR count). The zero-order chi connectivity index (χ0) is 37.8. The van der Waals surface area contributed by atoms with Gasteiger partial charge in [-0.3, -0.25) is 9.59 Å². The van der Waals surface area contributed by atoms with Crippen LogP contribution in [0.1, 0.15) is 68.4 Å². The molecule has 1 heterocycles. The highest BCUT2D eigenvalue weighted by Crippen LogP contribution is 2.45. The smallest absolute Gasteiger partial charge is 0.256 e. The standard InChI is InChI=1S/C43H52ClN3O6.ClH/c1-43(2,3)29-47-35-22-21-32(44)26-34(35)40(53-38(42(47)49)27-39(48)46-28-31-17-9-10-19-36(31)50-4)33-18-11-20-37(41(33)51-5)52-25-13-24-45-23-12-16-30-14-7-6-8-15-30;/h6-11,14-15,17-22,26,38,40,45H,12-13,16,23-25,27-29H2,1-5H3,(H,46,48);1H/t38-,40-;/m1./s1. The Morgan fingerprint density at radius 3 is 2.33 bits per heavy atom. The maximum absolute atomic E-state index is 14.4. The maximum Gasteiger partial charge on any atom is 0.256 e. The number of anilines is 1. The molecular formula is C43H53Cl2N3O6. The van der Waals surface area contributed by atoms with E-state index < -0.39 is 12.2 Å². The fourth-order valence-electron chi connectivity index (χ4n) is 6.50. The fraction of sp³-hybridized carbons (Fsp3) is 0.395. The number of ether oxygens (including phenoxy) is 4. The molecule has 2 atom stereocenters. The summed E-state index contributed by atoms with van der Waals surface area (Å²) < 4.78 is 24.4. The van der Waals surface area contributed by atoms with Crippen LogP contribution in [0, 0.1) is 5.41 Å². The third kappa shape index (κ3) is 11.6. The molecule has 0 saturated heterocycles. The second-order valence-corrected chi connectivity index (χ2v) is 14.8. The molecule has 1 aliphatic heterocycles. The van der Waals surface area contributed by atoms with Gasteiger partial charge in [0, 0.05) is 40.5 Å². The van der Waals surface area contributed by atoms with Gasteiger partial charge in [0.05, 0.1) is 27.2 Å². The van der Waals surface area contributed by atoms with E-state index in [9.17, 15) is 9.59 Å². The molecule has 4 aromatic carbocycles. The number of nitrogens with one attached hydrogen (secondary N) is 2. The molecule has 0 spiro atoms. The summed E-state index contributed by atoms with van der Waals surface area (Å²) in [4.78, 5) is 29.7. The molecule has 0 unspecified atom stereocenters. The molecule has 2 amide bonds. The average molecular weight is 779 g/mol. The van der Waals surface area contributed by atoms with Crippen LogP contribution in [0.4, 0.5) is 5.69 Å². The van der Waals surface area contributed by atoms with Crippen LogP contribution in [0.15, 0.2) is 91.0 Å². The monoisotopic (exact) mass is 777 g/mol. The van der Waals surface area contributed by atoms with Gasteiger partial charge in [-0.2, -0.15) is 0 Å². The van der Waals surface area contributed by atoms with E-state index in [4.69, 9.17) is 30.5 Å². The molecule has 0 fully saturated rings. The van der Waals surface area contributed by atoms with Crippen LogP contribution < -0.4 is 29.7 Å². The summed E-state index contributed by atoms with van der Waals surface area (Å²) in [5.41, 5.74) is 3.94. The number of methoxy groups -OCH3 is 2. The Balaban J connectivity index is 0.00000650. The Bertz CT molecular complexity index is 1820. The Morgan fingerprint density at radius 2 is 1.59 bits per heavy atom. The number of nitrogens with zero attached hydrogens (tertiary/aromatic N) is 1. The number of amides is 2. The van der Waals surface area contributed by atoms with Gasteiger partial charge in [-0.15, -0.1) is 12.4 Å². The minimum atomic E-state index is -1.10. The van der Waals surface area contributed by atoms with Crippen molar-refractivity contribution in [2.45, 2.75) is 65.2 Å². The molecular weight excluding hydrogens is 725 g/mol. The minimum absolute atomic E-state index is 0. The third-order valence-electron chi connectivity index (χ3n) is 8.99. The van der Waals surface area contributed by atoms with E-state index in [0.29, 0.717) is 52.2 Å². The lowest BCUT2D eigenvalue weighted by Gasteiger charge is -2.31. The topological polar surface area (TPSA) is 98.4 Å². The SMILES string of the molecule is COc1ccccc1CNC(=O)C[C@H]1O[C@H](c2cccc(OCCCNCCCc3ccccc3)c2OC)c2cc(Cl)ccc2N(CC(C)(C)C)C1=O.Cl. The summed E-state index contributed by atoms with van der Waals surface area (Å²) in [7, 11) is 3.18. The highest BCUT2D eigenvalue weighted by Gasteiger charge is 2.40. The van der Waals surface area contributed by atoms with Crippen molar-refractivity contribution in [1.82, 2.24) is 10.6 Å². The van der Waals surface area contributed by atoms with Crippen LogP contribution in [0.25, 0.3) is 0 Å². The summed E-state index contributed by atoms with van der Waals surface area (Å²) >= 11 is 6.62. The van der Waals surface area contributed by atoms with Gasteiger partial charge in [0.15, 0.2) is 11.5 Å². The number of para-hydroxylation sites is 2. The predicted molar refractivity (Wildman–Crippen MR) is 217 cm³/mol. The Hall–Kier alpha value is -4.28. The summed E-state index contributed by atoms with van der Waals surface area (Å²) in [6, 6.07) is 29.1. The van der Waals surface area contributed by atoms with Crippen LogP contribution in [0.2, 0.25) is 5.02 Å². The van der Waals surface area contributed by atoms with E-state index in [1.165, 1.54) is 5.56 Å². The fourth-order valence-corrected chi connectivity index (χ4v) is 6.68. The van der Waals surface area contributed by atoms with Crippen molar-refractivity contribution in [1.29, 1.82) is 0 Å². The largest absolute Gasteiger partial charge is 0.496 e. The van der Waals surface area contributed by atoms with Gasteiger partial charge in [-0.1, -0.05) is 93.0 Å². The highest BCUT2D eigenvalue weighted by atomic mass is 35.5. The molecule has 290 valence electrons. The normalized spacial score (nSPS) is 15.4. The first-order valence-corrected chi connectivity index (χ1v) is 18.6. The number of aryl methyl sites for hydroxylation is 1. The molecule has 4 aromatic rings. The number of carbonyl (C=O) groups excluding carboxylic acids is 2. The first-order chi connectivity index (χ1) is 25.6. The molecule has 0 aliphatic carbocycles. The van der Waals surface area contributed by atoms with Crippen molar-refractivity contribution in [3.05, 3.63) is 118 Å². The van der Waals surface area contributed by atoms with E-state index in [1.54, 1.807) is 25.2 Å². The van der Waals surface area contributed by atoms with Crippen molar-refractivity contribution in [2.24, 2.45) is 5.41 Å². The average Bonchev–Trinajstić information content (AvgIpc) is 3.25. The molecule has 54 heavy (non-hydrogen) atoms. The second-order valence-electron chi connectivity index (χ2n) is 14.4. The molecule has 2 N–H and O–H groups in total. The van der Waals surface area contributed by atoms with Crippen LogP contribution in [-0.2, 0) is 27.3 Å². The van der Waals surface area contributed by atoms with Crippen LogP contribution >= 0.6 is 24.0 Å². The number of carbonyl (C=O) groups is 2. The van der Waals surface area contributed by atoms with E-state index in [-0.39, 0.29) is 42.6 Å². The van der Waals surface area contributed by atoms with Crippen molar-refractivity contribution in [2.75, 3.05) is 45.4 Å². The lowest BCUT2D eigenvalue weighted by molar-refractivity contribution is -0.138. The van der Waals surface area contributed by atoms with Crippen molar-refractivity contribution in [3.8, 4) is 17.2 Å². The van der Waals surface area contributed by atoms with Crippen LogP contribution in [0.3, 0.4) is 0 Å². The third-order valence-corrected chi connectivity index (χ3v) is 9.22. The lowest BCUT2D eigenvalue weighted by Crippen LogP contribution is -2.45. The number of rotatable bonds is 17. The summed E-state index contributed by atoms with van der Waals surface area (Å²) in [6.45, 7) is 9.07. The van der Waals surface area contributed by atoms with Crippen LogP contribution in [0.5, 0.6) is 17.2 Å². The van der Waals surface area contributed by atoms with Gasteiger partial charge in [-0.25, -0.2) is 0 Å². The second kappa shape index (κ2) is 20.4. The predicted octanol–water partition coefficient (Wildman–Crippen LogP) is 8.34. The Labute approximate surface area is 331 Å². The van der Waals surface area contributed by atoms with Gasteiger partial charge in [0.25, 0.3) is 5.91 Å². The van der Waals surface area contributed by atoms with Crippen LogP contribution in [-0.4, -0.2) is 58.4 Å². The zero-order valence-electron chi connectivity index (χ0n) is 31.9. The highest BCUT2D eigenvalue weighted by molar-refractivity contribution is 6.30. The van der Waals surface area contributed by atoms with E-state index in [1.807, 2.05) is 60.7 Å². The van der Waals surface area contributed by atoms with E-state index >= 15 is 0 Å². The number of fused-ring (bicyclic) bond motifs is 1. The van der Waals surface area contributed by atoms with Gasteiger partial charge < -0.3 is 34.5 Å². The van der Waals surface area contributed by atoms with Crippen molar-refractivity contribution in [3.63, 3.8) is 0 Å². The number of halogens is 2. The first kappa shape index (κ1) is 42.5. The minimum Gasteiger partial charge on any atom is -0.496 e. The Kier molecular flexibility index (Phi) is 16.1. The number of hydrogen-bond acceptors (Lipinski definition) is 7. The number of hydrogen-bond donors (Lipinski definition) is 2. The molecule has 1 aliphatic rings. The molecule has 0 bridgehead atoms.